The molecule has 1 amide bonds. The van der Waals surface area contributed by atoms with Gasteiger partial charge in [-0.2, -0.15) is 0 Å². The fraction of sp³-hybridized carbons (Fsp3) is 0.556. The van der Waals surface area contributed by atoms with Crippen molar-refractivity contribution in [2.24, 2.45) is 0 Å². The highest BCUT2D eigenvalue weighted by Gasteiger charge is 2.21. The first-order valence-electron chi connectivity index (χ1n) is 8.59. The molecular formula is C18H25N3O2S. The number of amides is 1. The van der Waals surface area contributed by atoms with Crippen molar-refractivity contribution in [1.29, 1.82) is 0 Å². The third kappa shape index (κ3) is 4.24. The molecule has 6 heteroatoms. The normalized spacial score (nSPS) is 17.7. The summed E-state index contributed by atoms with van der Waals surface area (Å²) >= 11 is 1.47. The molecule has 24 heavy (non-hydrogen) atoms. The summed E-state index contributed by atoms with van der Waals surface area (Å²) in [6.45, 7) is 8.82. The quantitative estimate of drug-likeness (QED) is 0.832. The molecule has 2 aromatic heterocycles. The number of carbonyl (C=O) groups excluding carboxylic acids is 1. The summed E-state index contributed by atoms with van der Waals surface area (Å²) in [6.07, 6.45) is 2.09. The second-order valence-electron chi connectivity index (χ2n) is 6.50. The fourth-order valence-corrected chi connectivity index (χ4v) is 3.64. The van der Waals surface area contributed by atoms with Gasteiger partial charge in [0.05, 0.1) is 5.51 Å². The summed E-state index contributed by atoms with van der Waals surface area (Å²) in [4.78, 5) is 21.0. The van der Waals surface area contributed by atoms with E-state index in [9.17, 15) is 4.79 Å². The van der Waals surface area contributed by atoms with E-state index < -0.39 is 0 Å². The second-order valence-corrected chi connectivity index (χ2v) is 7.22. The standard InChI is InChI=1S/C18H25N3O2S/c1-14(17-5-4-15(2)23-17)6-9-20-7-3-8-21(11-10-20)18(22)16-12-24-13-19-16/h4-5,12-14H,3,6-11H2,1-2H3. The Morgan fingerprint density at radius 3 is 2.92 bits per heavy atom. The second kappa shape index (κ2) is 7.94. The van der Waals surface area contributed by atoms with Crippen LogP contribution in [0.4, 0.5) is 0 Å². The van der Waals surface area contributed by atoms with Crippen LogP contribution in [0.25, 0.3) is 0 Å². The summed E-state index contributed by atoms with van der Waals surface area (Å²) in [5.41, 5.74) is 2.30. The fourth-order valence-electron chi connectivity index (χ4n) is 3.11. The van der Waals surface area contributed by atoms with Gasteiger partial charge in [0.1, 0.15) is 17.2 Å². The van der Waals surface area contributed by atoms with E-state index in [1.807, 2.05) is 23.3 Å². The molecule has 1 atom stereocenters. The Morgan fingerprint density at radius 1 is 1.33 bits per heavy atom. The van der Waals surface area contributed by atoms with Crippen molar-refractivity contribution in [1.82, 2.24) is 14.8 Å². The number of nitrogens with zero attached hydrogens (tertiary/aromatic N) is 3. The average molecular weight is 347 g/mol. The van der Waals surface area contributed by atoms with Gasteiger partial charge in [-0.05, 0) is 45.0 Å². The van der Waals surface area contributed by atoms with Crippen LogP contribution >= 0.6 is 11.3 Å². The zero-order chi connectivity index (χ0) is 16.9. The highest BCUT2D eigenvalue weighted by molar-refractivity contribution is 7.07. The molecule has 1 aliphatic rings. The smallest absolute Gasteiger partial charge is 0.273 e. The number of hydrogen-bond donors (Lipinski definition) is 0. The Bertz CT molecular complexity index is 653. The topological polar surface area (TPSA) is 49.6 Å². The van der Waals surface area contributed by atoms with E-state index in [1.54, 1.807) is 5.51 Å². The van der Waals surface area contributed by atoms with Gasteiger partial charge in [0.15, 0.2) is 0 Å². The van der Waals surface area contributed by atoms with Crippen molar-refractivity contribution < 1.29 is 9.21 Å². The van der Waals surface area contributed by atoms with Gasteiger partial charge in [-0.15, -0.1) is 11.3 Å². The largest absolute Gasteiger partial charge is 0.466 e. The van der Waals surface area contributed by atoms with Crippen molar-refractivity contribution in [2.45, 2.75) is 32.6 Å². The van der Waals surface area contributed by atoms with Crippen LogP contribution in [0.2, 0.25) is 0 Å². The summed E-state index contributed by atoms with van der Waals surface area (Å²) in [5, 5.41) is 1.83. The summed E-state index contributed by atoms with van der Waals surface area (Å²) in [7, 11) is 0. The van der Waals surface area contributed by atoms with Gasteiger partial charge < -0.3 is 14.2 Å². The first-order valence-corrected chi connectivity index (χ1v) is 9.54. The number of hydrogen-bond acceptors (Lipinski definition) is 5. The van der Waals surface area contributed by atoms with E-state index >= 15 is 0 Å². The van der Waals surface area contributed by atoms with Gasteiger partial charge >= 0.3 is 0 Å². The van der Waals surface area contributed by atoms with Crippen LogP contribution in [0.3, 0.4) is 0 Å². The lowest BCUT2D eigenvalue weighted by Gasteiger charge is -2.22. The van der Waals surface area contributed by atoms with Crippen LogP contribution in [0.1, 0.15) is 47.7 Å². The minimum atomic E-state index is 0.0672. The highest BCUT2D eigenvalue weighted by Crippen LogP contribution is 2.22. The maximum Gasteiger partial charge on any atom is 0.273 e. The molecule has 1 unspecified atom stereocenters. The Balaban J connectivity index is 1.48. The first kappa shape index (κ1) is 17.2. The van der Waals surface area contributed by atoms with E-state index in [0.717, 1.165) is 57.1 Å². The molecule has 0 spiro atoms. The number of thiazole rings is 1. The summed E-state index contributed by atoms with van der Waals surface area (Å²) < 4.78 is 5.72. The third-order valence-electron chi connectivity index (χ3n) is 4.65. The molecule has 130 valence electrons. The van der Waals surface area contributed by atoms with Gasteiger partial charge in [0.2, 0.25) is 0 Å². The van der Waals surface area contributed by atoms with Crippen molar-refractivity contribution in [3.8, 4) is 0 Å². The zero-order valence-corrected chi connectivity index (χ0v) is 15.2. The van der Waals surface area contributed by atoms with Crippen LogP contribution in [-0.2, 0) is 0 Å². The van der Waals surface area contributed by atoms with Crippen molar-refractivity contribution in [2.75, 3.05) is 32.7 Å². The van der Waals surface area contributed by atoms with Crippen molar-refractivity contribution >= 4 is 17.2 Å². The van der Waals surface area contributed by atoms with Crippen molar-refractivity contribution in [3.63, 3.8) is 0 Å². The Hall–Kier alpha value is -1.66. The van der Waals surface area contributed by atoms with Crippen LogP contribution in [0.15, 0.2) is 27.4 Å². The Kier molecular flexibility index (Phi) is 5.68. The Labute approximate surface area is 147 Å². The maximum absolute atomic E-state index is 12.4. The predicted octanol–water partition coefficient (Wildman–Crippen LogP) is 3.39. The van der Waals surface area contributed by atoms with Crippen LogP contribution < -0.4 is 0 Å². The van der Waals surface area contributed by atoms with E-state index in [-0.39, 0.29) is 5.91 Å². The molecule has 1 aliphatic heterocycles. The lowest BCUT2D eigenvalue weighted by atomic mass is 10.0. The molecule has 0 saturated carbocycles. The molecule has 5 nitrogen and oxygen atoms in total. The minimum absolute atomic E-state index is 0.0672. The lowest BCUT2D eigenvalue weighted by Crippen LogP contribution is -2.35. The number of furan rings is 1. The number of aromatic nitrogens is 1. The lowest BCUT2D eigenvalue weighted by molar-refractivity contribution is 0.0756. The van der Waals surface area contributed by atoms with Crippen LogP contribution in [0, 0.1) is 6.92 Å². The van der Waals surface area contributed by atoms with Gasteiger partial charge in [0.25, 0.3) is 5.91 Å². The highest BCUT2D eigenvalue weighted by atomic mass is 32.1. The average Bonchev–Trinajstić information content (AvgIpc) is 3.20. The van der Waals surface area contributed by atoms with Gasteiger partial charge in [-0.1, -0.05) is 6.92 Å². The van der Waals surface area contributed by atoms with Gasteiger partial charge in [-0.25, -0.2) is 4.98 Å². The Morgan fingerprint density at radius 2 is 2.21 bits per heavy atom. The summed E-state index contributed by atoms with van der Waals surface area (Å²) in [5.74, 6) is 2.54. The number of aryl methyl sites for hydroxylation is 1. The van der Waals surface area contributed by atoms with Gasteiger partial charge in [-0.3, -0.25) is 4.79 Å². The molecule has 3 heterocycles. The molecule has 0 bridgehead atoms. The molecular weight excluding hydrogens is 322 g/mol. The minimum Gasteiger partial charge on any atom is -0.466 e. The third-order valence-corrected chi connectivity index (χ3v) is 5.24. The number of carbonyl (C=O) groups is 1. The molecule has 0 radical (unpaired) electrons. The van der Waals surface area contributed by atoms with E-state index in [2.05, 4.69) is 22.9 Å². The zero-order valence-electron chi connectivity index (χ0n) is 14.4. The molecule has 0 aromatic carbocycles. The first-order chi connectivity index (χ1) is 11.6. The van der Waals surface area contributed by atoms with E-state index in [1.165, 1.54) is 11.3 Å². The molecule has 1 fully saturated rings. The molecule has 0 aliphatic carbocycles. The SMILES string of the molecule is Cc1ccc(C(C)CCN2CCCN(C(=O)c3cscn3)CC2)o1. The summed E-state index contributed by atoms with van der Waals surface area (Å²) in [6, 6.07) is 4.11. The molecule has 1 saturated heterocycles. The van der Waals surface area contributed by atoms with E-state index in [4.69, 9.17) is 4.42 Å². The van der Waals surface area contributed by atoms with Crippen LogP contribution in [-0.4, -0.2) is 53.4 Å². The monoisotopic (exact) mass is 347 g/mol. The molecule has 2 aromatic rings. The predicted molar refractivity (Wildman–Crippen MR) is 95.6 cm³/mol. The molecule has 3 rings (SSSR count). The van der Waals surface area contributed by atoms with Crippen molar-refractivity contribution in [3.05, 3.63) is 40.2 Å². The van der Waals surface area contributed by atoms with Gasteiger partial charge in [0, 0.05) is 30.9 Å². The van der Waals surface area contributed by atoms with Crippen LogP contribution in [0.5, 0.6) is 0 Å². The number of rotatable bonds is 5. The molecule has 0 N–H and O–H groups in total. The van der Waals surface area contributed by atoms with E-state index in [0.29, 0.717) is 11.6 Å². The maximum atomic E-state index is 12.4.